The Labute approximate surface area is 236 Å². The summed E-state index contributed by atoms with van der Waals surface area (Å²) in [6.07, 6.45) is 0.230. The highest BCUT2D eigenvalue weighted by atomic mass is 32.2. The van der Waals surface area contributed by atoms with Crippen LogP contribution in [0.3, 0.4) is 0 Å². The molecule has 0 fully saturated rings. The minimum Gasteiger partial charge on any atom is -0.352 e. The molecule has 3 rings (SSSR count). The van der Waals surface area contributed by atoms with Gasteiger partial charge in [0.2, 0.25) is 11.8 Å². The second-order valence-electron chi connectivity index (χ2n) is 10.2. The molecule has 0 heterocycles. The summed E-state index contributed by atoms with van der Waals surface area (Å²) >= 11 is 0. The molecule has 3 aromatic rings. The lowest BCUT2D eigenvalue weighted by molar-refractivity contribution is -0.140. The van der Waals surface area contributed by atoms with Crippen molar-refractivity contribution in [1.29, 1.82) is 0 Å². The minimum absolute atomic E-state index is 0.0861. The number of nitrogens with one attached hydrogen (secondary N) is 1. The molecule has 10 heteroatoms. The number of carbonyl (C=O) groups is 2. The molecule has 0 unspecified atom stereocenters. The molecule has 8 nitrogen and oxygen atoms in total. The highest BCUT2D eigenvalue weighted by molar-refractivity contribution is 7.90. The molecule has 0 saturated heterocycles. The third kappa shape index (κ3) is 8.12. The Morgan fingerprint density at radius 2 is 1.52 bits per heavy atom. The predicted octanol–water partition coefficient (Wildman–Crippen LogP) is 3.91. The van der Waals surface area contributed by atoms with E-state index in [2.05, 4.69) is 5.32 Å². The van der Waals surface area contributed by atoms with E-state index in [9.17, 15) is 22.4 Å². The Morgan fingerprint density at radius 1 is 0.900 bits per heavy atom. The molecule has 2 amide bonds. The number of benzene rings is 3. The van der Waals surface area contributed by atoms with Crippen LogP contribution in [0.4, 0.5) is 10.1 Å². The molecule has 1 N–H and O–H groups in total. The minimum atomic E-state index is -4.14. The number of carbonyl (C=O) groups excluding carboxylic acids is 2. The van der Waals surface area contributed by atoms with Crippen LogP contribution in [-0.4, -0.2) is 62.2 Å². The fourth-order valence-electron chi connectivity index (χ4n) is 4.27. The smallest absolute Gasteiger partial charge is 0.304 e. The molecule has 3 aromatic carbocycles. The number of aryl methyl sites for hydroxylation is 1. The average Bonchev–Trinajstić information content (AvgIpc) is 2.89. The standard InChI is InChI=1S/C30H37FN4O4S/c1-22(2)32-30(37)28(19-24-11-7-6-8-12-24)34(20-25-13-9-10-23(3)18-25)29(36)21-35(40(38,39)33(4)5)27-16-14-26(31)15-17-27/h6-18,22,28H,19-21H2,1-5H3,(H,32,37)/t28-/m1/s1. The molecule has 0 aliphatic heterocycles. The van der Waals surface area contributed by atoms with Crippen molar-refractivity contribution in [3.05, 3.63) is 101 Å². The summed E-state index contributed by atoms with van der Waals surface area (Å²) in [5.74, 6) is -1.45. The van der Waals surface area contributed by atoms with E-state index in [1.54, 1.807) is 0 Å². The molecule has 0 radical (unpaired) electrons. The molecule has 0 aliphatic rings. The van der Waals surface area contributed by atoms with E-state index >= 15 is 0 Å². The van der Waals surface area contributed by atoms with Crippen molar-refractivity contribution < 1.29 is 22.4 Å². The number of nitrogens with zero attached hydrogens (tertiary/aromatic N) is 3. The van der Waals surface area contributed by atoms with E-state index in [1.165, 1.54) is 31.1 Å². The maximum atomic E-state index is 14.1. The summed E-state index contributed by atoms with van der Waals surface area (Å²) < 4.78 is 42.2. The van der Waals surface area contributed by atoms with Gasteiger partial charge >= 0.3 is 10.2 Å². The predicted molar refractivity (Wildman–Crippen MR) is 155 cm³/mol. The highest BCUT2D eigenvalue weighted by Gasteiger charge is 2.34. The maximum absolute atomic E-state index is 14.1. The summed E-state index contributed by atoms with van der Waals surface area (Å²) in [4.78, 5) is 29.1. The van der Waals surface area contributed by atoms with Gasteiger partial charge in [-0.05, 0) is 56.2 Å². The van der Waals surface area contributed by atoms with Crippen molar-refractivity contribution in [1.82, 2.24) is 14.5 Å². The Hall–Kier alpha value is -3.76. The lowest BCUT2D eigenvalue weighted by atomic mass is 10.0. The first kappa shape index (κ1) is 30.8. The SMILES string of the molecule is Cc1cccc(CN(C(=O)CN(c2ccc(F)cc2)S(=O)(=O)N(C)C)[C@H](Cc2ccccc2)C(=O)NC(C)C)c1. The summed E-state index contributed by atoms with van der Waals surface area (Å²) in [6, 6.07) is 20.7. The summed E-state index contributed by atoms with van der Waals surface area (Å²) in [5.41, 5.74) is 2.77. The number of anilines is 1. The molecular formula is C30H37FN4O4S. The molecule has 1 atom stereocenters. The maximum Gasteiger partial charge on any atom is 0.304 e. The van der Waals surface area contributed by atoms with Gasteiger partial charge in [-0.3, -0.25) is 9.59 Å². The number of rotatable bonds is 12. The van der Waals surface area contributed by atoms with Gasteiger partial charge in [-0.1, -0.05) is 60.2 Å². The average molecular weight is 569 g/mol. The molecule has 0 saturated carbocycles. The molecule has 40 heavy (non-hydrogen) atoms. The van der Waals surface area contributed by atoms with Crippen molar-refractivity contribution in [2.75, 3.05) is 24.9 Å². The first-order chi connectivity index (χ1) is 18.9. The van der Waals surface area contributed by atoms with E-state index in [-0.39, 0.29) is 30.6 Å². The van der Waals surface area contributed by atoms with Gasteiger partial charge in [0.1, 0.15) is 18.4 Å². The van der Waals surface area contributed by atoms with Crippen LogP contribution in [0.15, 0.2) is 78.9 Å². The van der Waals surface area contributed by atoms with E-state index in [4.69, 9.17) is 0 Å². The number of halogens is 1. The van der Waals surface area contributed by atoms with E-state index in [1.807, 2.05) is 75.4 Å². The molecule has 0 bridgehead atoms. The summed E-state index contributed by atoms with van der Waals surface area (Å²) in [7, 11) is -1.43. The fraction of sp³-hybridized carbons (Fsp3) is 0.333. The third-order valence-corrected chi connectivity index (χ3v) is 8.09. The van der Waals surface area contributed by atoms with E-state index in [0.717, 1.165) is 37.4 Å². The third-order valence-electron chi connectivity index (χ3n) is 6.27. The zero-order valence-electron chi connectivity index (χ0n) is 23.5. The van der Waals surface area contributed by atoms with E-state index in [0.29, 0.717) is 0 Å². The zero-order chi connectivity index (χ0) is 29.4. The van der Waals surface area contributed by atoms with Gasteiger partial charge in [0.15, 0.2) is 0 Å². The van der Waals surface area contributed by atoms with Crippen molar-refractivity contribution >= 4 is 27.7 Å². The van der Waals surface area contributed by atoms with Crippen LogP contribution in [0.1, 0.15) is 30.5 Å². The fourth-order valence-corrected chi connectivity index (χ4v) is 5.32. The lowest BCUT2D eigenvalue weighted by Crippen LogP contribution is -2.55. The first-order valence-electron chi connectivity index (χ1n) is 13.0. The second-order valence-corrected chi connectivity index (χ2v) is 12.2. The van der Waals surface area contributed by atoms with Gasteiger partial charge < -0.3 is 10.2 Å². The Morgan fingerprint density at radius 3 is 2.10 bits per heavy atom. The van der Waals surface area contributed by atoms with Gasteiger partial charge in [-0.15, -0.1) is 0 Å². The van der Waals surface area contributed by atoms with Crippen LogP contribution in [0.2, 0.25) is 0 Å². The van der Waals surface area contributed by atoms with Crippen LogP contribution >= 0.6 is 0 Å². The largest absolute Gasteiger partial charge is 0.352 e. The quantitative estimate of drug-likeness (QED) is 0.359. The normalized spacial score (nSPS) is 12.3. The number of amides is 2. The Balaban J connectivity index is 2.09. The Bertz CT molecular complexity index is 1400. The molecule has 0 spiro atoms. The number of hydrogen-bond acceptors (Lipinski definition) is 4. The number of hydrogen-bond donors (Lipinski definition) is 1. The van der Waals surface area contributed by atoms with Crippen LogP contribution in [-0.2, 0) is 32.8 Å². The lowest BCUT2D eigenvalue weighted by Gasteiger charge is -2.34. The molecule has 0 aliphatic carbocycles. The van der Waals surface area contributed by atoms with Crippen LogP contribution in [0.25, 0.3) is 0 Å². The zero-order valence-corrected chi connectivity index (χ0v) is 24.4. The van der Waals surface area contributed by atoms with Gasteiger partial charge in [-0.25, -0.2) is 8.70 Å². The van der Waals surface area contributed by atoms with Gasteiger partial charge in [0.05, 0.1) is 5.69 Å². The van der Waals surface area contributed by atoms with Crippen LogP contribution < -0.4 is 9.62 Å². The topological polar surface area (TPSA) is 90.0 Å². The van der Waals surface area contributed by atoms with Gasteiger partial charge in [-0.2, -0.15) is 12.7 Å². The van der Waals surface area contributed by atoms with Crippen LogP contribution in [0, 0.1) is 12.7 Å². The molecule has 0 aromatic heterocycles. The van der Waals surface area contributed by atoms with Gasteiger partial charge in [0.25, 0.3) is 0 Å². The van der Waals surface area contributed by atoms with Crippen molar-refractivity contribution in [2.24, 2.45) is 0 Å². The molecular weight excluding hydrogens is 531 g/mol. The van der Waals surface area contributed by atoms with Crippen molar-refractivity contribution in [2.45, 2.75) is 45.8 Å². The first-order valence-corrected chi connectivity index (χ1v) is 14.4. The van der Waals surface area contributed by atoms with Gasteiger partial charge in [0, 0.05) is 33.1 Å². The van der Waals surface area contributed by atoms with E-state index < -0.39 is 34.5 Å². The molecule has 214 valence electrons. The second kappa shape index (κ2) is 13.5. The monoisotopic (exact) mass is 568 g/mol. The summed E-state index contributed by atoms with van der Waals surface area (Å²) in [5, 5.41) is 2.92. The summed E-state index contributed by atoms with van der Waals surface area (Å²) in [6.45, 7) is 5.11. The van der Waals surface area contributed by atoms with Crippen molar-refractivity contribution in [3.63, 3.8) is 0 Å². The highest BCUT2D eigenvalue weighted by Crippen LogP contribution is 2.22. The Kier molecular flexibility index (Phi) is 10.4. The van der Waals surface area contributed by atoms with Crippen molar-refractivity contribution in [3.8, 4) is 0 Å². The van der Waals surface area contributed by atoms with Crippen LogP contribution in [0.5, 0.6) is 0 Å².